The van der Waals surface area contributed by atoms with Crippen LogP contribution >= 0.6 is 11.6 Å². The molecule has 156 valence electrons. The Morgan fingerprint density at radius 1 is 1.14 bits per heavy atom. The molecular formula is C17H15ClF3N3O4S. The molecule has 0 saturated heterocycles. The van der Waals surface area contributed by atoms with Gasteiger partial charge in [-0.1, -0.05) is 11.6 Å². The van der Waals surface area contributed by atoms with Crippen LogP contribution in [0.5, 0.6) is 0 Å². The summed E-state index contributed by atoms with van der Waals surface area (Å²) in [4.78, 5) is 22.2. The molecule has 2 rings (SSSR count). The van der Waals surface area contributed by atoms with Crippen molar-refractivity contribution in [2.24, 2.45) is 5.73 Å². The molecule has 0 atom stereocenters. The van der Waals surface area contributed by atoms with E-state index in [2.05, 4.69) is 5.32 Å². The van der Waals surface area contributed by atoms with Crippen LogP contribution in [0, 0.1) is 0 Å². The fourth-order valence-electron chi connectivity index (χ4n) is 2.36. The zero-order valence-electron chi connectivity index (χ0n) is 14.8. The number of amides is 2. The average molecular weight is 450 g/mol. The fourth-order valence-corrected chi connectivity index (χ4v) is 4.07. The average Bonchev–Trinajstić information content (AvgIpc) is 2.59. The third kappa shape index (κ3) is 5.39. The molecule has 7 nitrogen and oxygen atoms in total. The van der Waals surface area contributed by atoms with Crippen molar-refractivity contribution in [1.82, 2.24) is 0 Å². The van der Waals surface area contributed by atoms with Crippen molar-refractivity contribution < 1.29 is 31.2 Å². The number of halogens is 4. The van der Waals surface area contributed by atoms with E-state index >= 15 is 0 Å². The number of sulfonamides is 1. The van der Waals surface area contributed by atoms with Gasteiger partial charge in [-0.15, -0.1) is 0 Å². The van der Waals surface area contributed by atoms with Gasteiger partial charge >= 0.3 is 6.18 Å². The van der Waals surface area contributed by atoms with E-state index in [0.29, 0.717) is 22.1 Å². The Morgan fingerprint density at radius 3 is 2.21 bits per heavy atom. The highest BCUT2D eigenvalue weighted by Gasteiger charge is 2.34. The topological polar surface area (TPSA) is 110 Å². The Balaban J connectivity index is 2.57. The quantitative estimate of drug-likeness (QED) is 0.706. The molecule has 0 unspecified atom stereocenters. The maximum Gasteiger partial charge on any atom is 0.416 e. The van der Waals surface area contributed by atoms with Gasteiger partial charge in [0.05, 0.1) is 21.2 Å². The van der Waals surface area contributed by atoms with Crippen molar-refractivity contribution in [3.05, 3.63) is 53.1 Å². The first-order chi connectivity index (χ1) is 13.3. The number of rotatable bonds is 6. The molecule has 2 aromatic carbocycles. The van der Waals surface area contributed by atoms with E-state index < -0.39 is 39.9 Å². The van der Waals surface area contributed by atoms with E-state index in [1.54, 1.807) is 0 Å². The summed E-state index contributed by atoms with van der Waals surface area (Å²) in [7, 11) is -4.51. The normalized spacial score (nSPS) is 11.8. The number of anilines is 2. The van der Waals surface area contributed by atoms with Crippen molar-refractivity contribution in [3.8, 4) is 0 Å². The van der Waals surface area contributed by atoms with E-state index in [9.17, 15) is 31.2 Å². The lowest BCUT2D eigenvalue weighted by atomic mass is 10.2. The Morgan fingerprint density at radius 2 is 1.72 bits per heavy atom. The molecule has 0 fully saturated rings. The van der Waals surface area contributed by atoms with Crippen LogP contribution < -0.4 is 15.4 Å². The van der Waals surface area contributed by atoms with Gasteiger partial charge in [0, 0.05) is 12.6 Å². The van der Waals surface area contributed by atoms with Crippen molar-refractivity contribution in [3.63, 3.8) is 0 Å². The van der Waals surface area contributed by atoms with Gasteiger partial charge in [-0.3, -0.25) is 13.9 Å². The lowest BCUT2D eigenvalue weighted by molar-refractivity contribution is -0.137. The maximum atomic E-state index is 13.1. The number of alkyl halides is 3. The number of carbonyl (C=O) groups is 2. The van der Waals surface area contributed by atoms with Crippen molar-refractivity contribution in [1.29, 1.82) is 0 Å². The zero-order chi connectivity index (χ0) is 22.0. The van der Waals surface area contributed by atoms with Gasteiger partial charge in [0.15, 0.2) is 0 Å². The van der Waals surface area contributed by atoms with Crippen molar-refractivity contribution >= 4 is 44.8 Å². The van der Waals surface area contributed by atoms with Crippen LogP contribution in [0.2, 0.25) is 5.02 Å². The van der Waals surface area contributed by atoms with Crippen LogP contribution in [-0.4, -0.2) is 26.8 Å². The second kappa shape index (κ2) is 8.29. The molecule has 2 aromatic rings. The Bertz CT molecular complexity index is 1040. The number of hydrogen-bond acceptors (Lipinski definition) is 4. The number of primary amides is 1. The minimum atomic E-state index is -4.76. The van der Waals surface area contributed by atoms with Gasteiger partial charge in [0.2, 0.25) is 11.8 Å². The fraction of sp³-hybridized carbons (Fsp3) is 0.176. The highest BCUT2D eigenvalue weighted by molar-refractivity contribution is 7.92. The number of nitrogens with two attached hydrogens (primary N) is 1. The smallest absolute Gasteiger partial charge is 0.368 e. The molecule has 0 radical (unpaired) electrons. The van der Waals surface area contributed by atoms with E-state index in [1.807, 2.05) is 0 Å². The monoisotopic (exact) mass is 449 g/mol. The Labute approximate surface area is 169 Å². The summed E-state index contributed by atoms with van der Waals surface area (Å²) in [5, 5.41) is 2.12. The van der Waals surface area contributed by atoms with Crippen molar-refractivity contribution in [2.75, 3.05) is 16.2 Å². The lowest BCUT2D eigenvalue weighted by Gasteiger charge is -2.25. The first-order valence-corrected chi connectivity index (χ1v) is 9.69. The summed E-state index contributed by atoms with van der Waals surface area (Å²) in [5.41, 5.74) is 3.70. The number of benzene rings is 2. The van der Waals surface area contributed by atoms with Crippen LogP contribution in [0.1, 0.15) is 12.5 Å². The van der Waals surface area contributed by atoms with E-state index in [4.69, 9.17) is 17.3 Å². The molecule has 0 aliphatic carbocycles. The van der Waals surface area contributed by atoms with Crippen LogP contribution in [0.4, 0.5) is 24.5 Å². The molecule has 3 N–H and O–H groups in total. The summed E-state index contributed by atoms with van der Waals surface area (Å²) in [6.45, 7) is 0.325. The lowest BCUT2D eigenvalue weighted by Crippen LogP contribution is -2.38. The van der Waals surface area contributed by atoms with Crippen LogP contribution in [0.15, 0.2) is 47.4 Å². The third-order valence-corrected chi connectivity index (χ3v) is 5.70. The SMILES string of the molecule is CC(=O)Nc1ccc(S(=O)(=O)N(CC(N)=O)c2cc(C(F)(F)F)ccc2Cl)cc1. The summed E-state index contributed by atoms with van der Waals surface area (Å²) < 4.78 is 65.6. The van der Waals surface area contributed by atoms with Gasteiger partial charge in [0.25, 0.3) is 10.0 Å². The predicted molar refractivity (Wildman–Crippen MR) is 101 cm³/mol. The highest BCUT2D eigenvalue weighted by Crippen LogP contribution is 2.37. The van der Waals surface area contributed by atoms with Crippen molar-refractivity contribution in [2.45, 2.75) is 18.0 Å². The maximum absolute atomic E-state index is 13.1. The van der Waals surface area contributed by atoms with E-state index in [-0.39, 0.29) is 15.8 Å². The van der Waals surface area contributed by atoms with Gasteiger partial charge in [-0.2, -0.15) is 13.2 Å². The second-order valence-corrected chi connectivity index (χ2v) is 8.12. The van der Waals surface area contributed by atoms with Crippen LogP contribution in [-0.2, 0) is 25.8 Å². The molecule has 29 heavy (non-hydrogen) atoms. The number of hydrogen-bond donors (Lipinski definition) is 2. The number of carbonyl (C=O) groups excluding carboxylic acids is 2. The molecule has 0 aliphatic heterocycles. The molecule has 0 aliphatic rings. The minimum Gasteiger partial charge on any atom is -0.368 e. The number of nitrogens with one attached hydrogen (secondary N) is 1. The molecule has 0 spiro atoms. The highest BCUT2D eigenvalue weighted by atomic mass is 35.5. The summed E-state index contributed by atoms with van der Waals surface area (Å²) in [5.74, 6) is -1.48. The van der Waals surface area contributed by atoms with Crippen LogP contribution in [0.25, 0.3) is 0 Å². The minimum absolute atomic E-state index is 0.301. The van der Waals surface area contributed by atoms with Gasteiger partial charge < -0.3 is 11.1 Å². The third-order valence-electron chi connectivity index (χ3n) is 3.60. The molecular weight excluding hydrogens is 435 g/mol. The van der Waals surface area contributed by atoms with Gasteiger partial charge in [-0.25, -0.2) is 8.42 Å². The first-order valence-electron chi connectivity index (χ1n) is 7.88. The Kier molecular flexibility index (Phi) is 6.43. The van der Waals surface area contributed by atoms with E-state index in [1.165, 1.54) is 19.1 Å². The summed E-state index contributed by atoms with van der Waals surface area (Å²) >= 11 is 5.93. The van der Waals surface area contributed by atoms with Gasteiger partial charge in [-0.05, 0) is 42.5 Å². The predicted octanol–water partition coefficient (Wildman–Crippen LogP) is 3.00. The van der Waals surface area contributed by atoms with Gasteiger partial charge in [0.1, 0.15) is 6.54 Å². The standard InChI is InChI=1S/C17H15ClF3N3O4S/c1-10(25)23-12-3-5-13(6-4-12)29(27,28)24(9-16(22)26)15-8-11(17(19,20)21)2-7-14(15)18/h2-8H,9H2,1H3,(H2,22,26)(H,23,25). The van der Waals surface area contributed by atoms with Crippen LogP contribution in [0.3, 0.4) is 0 Å². The summed E-state index contributed by atoms with van der Waals surface area (Å²) in [6, 6.07) is 6.89. The summed E-state index contributed by atoms with van der Waals surface area (Å²) in [6.07, 6.45) is -4.76. The number of nitrogens with zero attached hydrogens (tertiary/aromatic N) is 1. The molecule has 0 heterocycles. The molecule has 2 amide bonds. The molecule has 12 heteroatoms. The molecule has 0 saturated carbocycles. The van der Waals surface area contributed by atoms with E-state index in [0.717, 1.165) is 18.2 Å². The Hall–Kier alpha value is -2.79. The zero-order valence-corrected chi connectivity index (χ0v) is 16.4. The molecule has 0 aromatic heterocycles. The second-order valence-electron chi connectivity index (χ2n) is 5.85. The molecule has 0 bridgehead atoms. The largest absolute Gasteiger partial charge is 0.416 e. The first kappa shape index (κ1) is 22.5.